The van der Waals surface area contributed by atoms with Crippen molar-refractivity contribution < 1.29 is 46.9 Å². The summed E-state index contributed by atoms with van der Waals surface area (Å²) < 4.78 is 44.0. The number of piperazine rings is 3. The second kappa shape index (κ2) is 33.7. The molecule has 7 aromatic rings. The highest BCUT2D eigenvalue weighted by Gasteiger charge is 2.27. The Labute approximate surface area is 564 Å². The summed E-state index contributed by atoms with van der Waals surface area (Å²) in [6, 6.07) is 27.6. The monoisotopic (exact) mass is 1360 g/mol. The molecule has 3 aliphatic heterocycles. The van der Waals surface area contributed by atoms with Crippen molar-refractivity contribution in [3.8, 4) is 23.5 Å². The van der Waals surface area contributed by atoms with Gasteiger partial charge in [0.1, 0.15) is 17.7 Å². The lowest BCUT2D eigenvalue weighted by Gasteiger charge is -2.32. The molecule has 94 heavy (non-hydrogen) atoms. The van der Waals surface area contributed by atoms with Gasteiger partial charge in [0.25, 0.3) is 29.5 Å². The van der Waals surface area contributed by atoms with Crippen molar-refractivity contribution in [2.75, 3.05) is 128 Å². The van der Waals surface area contributed by atoms with Crippen LogP contribution in [0.1, 0.15) is 89.7 Å². The molecule has 0 bridgehead atoms. The van der Waals surface area contributed by atoms with Crippen molar-refractivity contribution in [1.29, 1.82) is 0 Å². The molecule has 0 spiro atoms. The fourth-order valence-corrected chi connectivity index (χ4v) is 10.7. The van der Waals surface area contributed by atoms with E-state index in [9.17, 15) is 32.8 Å². The van der Waals surface area contributed by atoms with Gasteiger partial charge in [0.05, 0.1) is 21.2 Å². The minimum absolute atomic E-state index is 0. The molecule has 3 saturated heterocycles. The van der Waals surface area contributed by atoms with Crippen LogP contribution in [0.5, 0.6) is 11.5 Å². The van der Waals surface area contributed by atoms with Gasteiger partial charge in [-0.15, -0.1) is 20.4 Å². The SMILES string of the molecule is C.CN1CCN(C(=O)c2ccc(N)cc2)CC1.C[C@H](Oc1cc(C(=O)Nc2ccc(C(=O)N3CCN(C)CC3)cc2)nnc1N)c1c(Cl)ccc(F)c1Cl.[B]OC#C[C@H](Oc1cc(C(=O)Nc2ccc(C(=O)N3CCN(C)CC3)cc2)nnc1N)c1c(Cl)ccc(F)c1Cl. The zero-order valence-electron chi connectivity index (χ0n) is 50.8. The number of nitrogens with zero attached hydrogens (tertiary/aromatic N) is 10. The van der Waals surface area contributed by atoms with E-state index in [1.165, 1.54) is 24.3 Å². The number of benzene rings is 5. The number of nitrogens with one attached hydrogen (secondary N) is 2. The first-order chi connectivity index (χ1) is 44.5. The van der Waals surface area contributed by atoms with Crippen LogP contribution in [-0.4, -0.2) is 187 Å². The molecule has 30 heteroatoms. The standard InChI is InChI=1S/C26H22BCl2FN6O4.C25H25Cl2FN6O3.C12H17N3O.CH4/c1-35-9-11-36(12-10-35)26(38)15-2-4-16(5-3-15)32-25(37)19-14-21(24(31)34-33-19)40-20(8-13-39-27)22-17(28)6-7-18(30)23(22)29;1-14(21-17(26)7-8-18(28)22(21)27)37-20-13-19(31-32-23(20)29)24(35)30-16-5-3-15(4-6-16)25(36)34-11-9-33(2)10-12-34;1-14-6-8-15(9-7-14)12(16)10-2-4-11(13)5-3-10;/h2-7,14,20H,9-12H2,1H3,(H2,31,34)(H,32,37);3-8,13-14H,9-12H2,1-2H3,(H2,29,32)(H,30,35);2-5H,6-9,13H2,1H3;1H4/t20-;14-;;/m00../s1. The number of anilines is 5. The number of likely N-dealkylation sites (N-methyl/N-ethyl adjacent to an activating group) is 3. The van der Waals surface area contributed by atoms with E-state index in [1.54, 1.807) is 84.6 Å². The summed E-state index contributed by atoms with van der Waals surface area (Å²) in [6.07, 6.45) is 0.0422. The number of nitrogens with two attached hydrogens (primary N) is 3. The molecule has 2 radical (unpaired) electrons. The summed E-state index contributed by atoms with van der Waals surface area (Å²) >= 11 is 24.6. The van der Waals surface area contributed by atoms with Crippen LogP contribution in [0.15, 0.2) is 109 Å². The predicted molar refractivity (Wildman–Crippen MR) is 359 cm³/mol. The van der Waals surface area contributed by atoms with Crippen molar-refractivity contribution >= 4 is 113 Å². The molecule has 10 rings (SSSR count). The highest BCUT2D eigenvalue weighted by Crippen LogP contribution is 2.38. The van der Waals surface area contributed by atoms with Crippen LogP contribution < -0.4 is 37.3 Å². The highest BCUT2D eigenvalue weighted by atomic mass is 35.5. The molecular weight excluding hydrogens is 1300 g/mol. The number of halogens is 6. The zero-order valence-corrected chi connectivity index (χ0v) is 53.9. The third-order valence-electron chi connectivity index (χ3n) is 15.0. The number of ether oxygens (including phenoxy) is 2. The van der Waals surface area contributed by atoms with Gasteiger partial charge in [-0.25, -0.2) is 8.78 Å². The van der Waals surface area contributed by atoms with Crippen molar-refractivity contribution in [2.45, 2.75) is 26.6 Å². The van der Waals surface area contributed by atoms with Crippen molar-refractivity contribution in [2.24, 2.45) is 0 Å². The smallest absolute Gasteiger partial charge is 0.392 e. The van der Waals surface area contributed by atoms with E-state index in [0.29, 0.717) is 54.4 Å². The van der Waals surface area contributed by atoms with Gasteiger partial charge >= 0.3 is 8.05 Å². The average molecular weight is 1370 g/mol. The molecule has 0 unspecified atom stereocenters. The summed E-state index contributed by atoms with van der Waals surface area (Å²) in [7, 11) is 11.1. The summed E-state index contributed by atoms with van der Waals surface area (Å²) in [6.45, 7) is 11.0. The maximum Gasteiger partial charge on any atom is 0.392 e. The third kappa shape index (κ3) is 19.1. The lowest BCUT2D eigenvalue weighted by atomic mass is 10.1. The minimum Gasteiger partial charge on any atom is -0.527 e. The maximum absolute atomic E-state index is 14.1. The van der Waals surface area contributed by atoms with E-state index in [2.05, 4.69) is 69.5 Å². The van der Waals surface area contributed by atoms with Crippen LogP contribution in [0.2, 0.25) is 20.1 Å². The molecular formula is C64H68BCl4F2N15O8. The minimum atomic E-state index is -1.30. The van der Waals surface area contributed by atoms with E-state index in [1.807, 2.05) is 23.9 Å². The summed E-state index contributed by atoms with van der Waals surface area (Å²) in [4.78, 5) is 75.3. The topological polar surface area (TPSA) is 286 Å². The Balaban J connectivity index is 0.000000214. The van der Waals surface area contributed by atoms with Crippen LogP contribution in [-0.2, 0) is 4.65 Å². The average Bonchev–Trinajstić information content (AvgIpc) is 0.830. The van der Waals surface area contributed by atoms with Gasteiger partial charge in [0.2, 0.25) is 0 Å². The van der Waals surface area contributed by atoms with Gasteiger partial charge in [-0.2, -0.15) is 0 Å². The molecule has 5 amide bonds. The van der Waals surface area contributed by atoms with Gasteiger partial charge in [-0.3, -0.25) is 24.0 Å². The molecule has 8 N–H and O–H groups in total. The molecule has 0 saturated carbocycles. The Morgan fingerprint density at radius 3 is 1.26 bits per heavy atom. The molecule has 23 nitrogen and oxygen atoms in total. The maximum atomic E-state index is 14.1. The lowest BCUT2D eigenvalue weighted by Crippen LogP contribution is -2.47. The van der Waals surface area contributed by atoms with Crippen molar-refractivity contribution in [1.82, 2.24) is 49.8 Å². The molecule has 5 aromatic carbocycles. The fraction of sp³-hybridized carbons (Fsp3) is 0.297. The van der Waals surface area contributed by atoms with Crippen LogP contribution in [0.25, 0.3) is 0 Å². The van der Waals surface area contributed by atoms with E-state index >= 15 is 0 Å². The van der Waals surface area contributed by atoms with Crippen LogP contribution in [0, 0.1) is 23.7 Å². The Morgan fingerprint density at radius 2 is 0.872 bits per heavy atom. The number of carbonyl (C=O) groups is 5. The number of hydrogen-bond acceptors (Lipinski definition) is 18. The normalized spacial score (nSPS) is 14.8. The first-order valence-corrected chi connectivity index (χ1v) is 30.3. The number of amides is 5. The first-order valence-electron chi connectivity index (χ1n) is 28.8. The molecule has 492 valence electrons. The second-order valence-corrected chi connectivity index (χ2v) is 23.1. The number of hydrogen-bond donors (Lipinski definition) is 5. The van der Waals surface area contributed by atoms with Gasteiger partial charge in [-0.05, 0) is 131 Å². The Morgan fingerprint density at radius 1 is 0.521 bits per heavy atom. The molecule has 0 aliphatic carbocycles. The Hall–Kier alpha value is -9.07. The lowest BCUT2D eigenvalue weighted by molar-refractivity contribution is 0.0657. The third-order valence-corrected chi connectivity index (χ3v) is 16.4. The Kier molecular flexibility index (Phi) is 25.9. The van der Waals surface area contributed by atoms with Crippen molar-refractivity contribution in [3.63, 3.8) is 0 Å². The highest BCUT2D eigenvalue weighted by molar-refractivity contribution is 6.36. The molecule has 2 aromatic heterocycles. The zero-order chi connectivity index (χ0) is 67.0. The van der Waals surface area contributed by atoms with Crippen LogP contribution >= 0.6 is 46.4 Å². The van der Waals surface area contributed by atoms with Gasteiger partial charge < -0.3 is 71.4 Å². The fourth-order valence-electron chi connectivity index (χ4n) is 9.49. The quantitative estimate of drug-likeness (QED) is 0.0312. The number of aromatic nitrogens is 4. The number of nitrogen functional groups attached to an aromatic ring is 3. The van der Waals surface area contributed by atoms with Gasteiger partial charge in [-0.1, -0.05) is 53.8 Å². The Bertz CT molecular complexity index is 3890. The van der Waals surface area contributed by atoms with Crippen LogP contribution in [0.3, 0.4) is 0 Å². The van der Waals surface area contributed by atoms with Gasteiger partial charge in [0, 0.05) is 141 Å². The largest absolute Gasteiger partial charge is 0.527 e. The van der Waals surface area contributed by atoms with E-state index in [4.69, 9.17) is 81.1 Å². The summed E-state index contributed by atoms with van der Waals surface area (Å²) in [5, 5.41) is 20.4. The summed E-state index contributed by atoms with van der Waals surface area (Å²) in [5.74, 6) is -0.436. The molecule has 3 fully saturated rings. The predicted octanol–water partition coefficient (Wildman–Crippen LogP) is 8.90. The van der Waals surface area contributed by atoms with E-state index < -0.39 is 35.7 Å². The van der Waals surface area contributed by atoms with E-state index in [-0.39, 0.29) is 90.9 Å². The van der Waals surface area contributed by atoms with Gasteiger partial charge in [0.15, 0.2) is 40.6 Å². The van der Waals surface area contributed by atoms with Crippen molar-refractivity contribution in [3.05, 3.63) is 180 Å². The summed E-state index contributed by atoms with van der Waals surface area (Å²) in [5.41, 5.74) is 20.7. The van der Waals surface area contributed by atoms with E-state index in [0.717, 1.165) is 70.1 Å². The number of carbonyl (C=O) groups excluding carboxylic acids is 5. The molecule has 2 atom stereocenters. The second-order valence-electron chi connectivity index (χ2n) is 21.6. The molecule has 5 heterocycles. The number of rotatable bonds is 13. The molecule has 3 aliphatic rings. The van der Waals surface area contributed by atoms with Crippen LogP contribution in [0.4, 0.5) is 37.5 Å². The first kappa shape index (κ1) is 72.4.